The molecule has 3 aliphatic carbocycles. The topological polar surface area (TPSA) is 148 Å². The summed E-state index contributed by atoms with van der Waals surface area (Å²) in [5, 5.41) is 16.8. The van der Waals surface area contributed by atoms with Gasteiger partial charge in [0.2, 0.25) is 5.91 Å². The molecule has 4 aliphatic heterocycles. The summed E-state index contributed by atoms with van der Waals surface area (Å²) in [5.74, 6) is -0.779. The largest absolute Gasteiger partial charge is 0.458 e. The van der Waals surface area contributed by atoms with Gasteiger partial charge >= 0.3 is 5.97 Å². The molecular formula is C52H71N3O9. The highest BCUT2D eigenvalue weighted by Gasteiger charge is 2.76. The number of ether oxygens (including phenoxy) is 4. The number of unbranched alkanes of at least 4 members (excludes halogenated alkanes) is 4. The Morgan fingerprint density at radius 1 is 0.891 bits per heavy atom. The zero-order valence-corrected chi connectivity index (χ0v) is 38.7. The first kappa shape index (κ1) is 45.5. The minimum Gasteiger partial charge on any atom is -0.458 e. The van der Waals surface area contributed by atoms with Gasteiger partial charge in [0.15, 0.2) is 11.8 Å². The monoisotopic (exact) mass is 882 g/mol. The number of allylic oxidation sites excluding steroid dienone is 1. The van der Waals surface area contributed by atoms with Crippen molar-refractivity contribution in [1.82, 2.24) is 15.7 Å². The number of amides is 2. The minimum atomic E-state index is -1.33. The zero-order chi connectivity index (χ0) is 44.9. The number of aliphatic hydroxyl groups excluding tert-OH is 1. The molecule has 9 rings (SSSR count). The number of esters is 1. The van der Waals surface area contributed by atoms with E-state index in [-0.39, 0.29) is 50.1 Å². The number of fused-ring (bicyclic) bond motifs is 6. The average molecular weight is 882 g/mol. The number of nitrogens with zero attached hydrogens (tertiary/aromatic N) is 1. The molecule has 0 radical (unpaired) electrons. The van der Waals surface area contributed by atoms with Gasteiger partial charge in [-0.15, -0.1) is 0 Å². The van der Waals surface area contributed by atoms with Gasteiger partial charge in [-0.1, -0.05) is 101 Å². The Labute approximate surface area is 379 Å². The normalized spacial score (nSPS) is 34.8. The van der Waals surface area contributed by atoms with E-state index in [1.807, 2.05) is 6.07 Å². The fourth-order valence-corrected chi connectivity index (χ4v) is 12.5. The van der Waals surface area contributed by atoms with Crippen molar-refractivity contribution in [3.05, 3.63) is 76.4 Å². The third-order valence-electron chi connectivity index (χ3n) is 16.1. The maximum absolute atomic E-state index is 15.1. The molecule has 348 valence electrons. The van der Waals surface area contributed by atoms with Gasteiger partial charge in [0.05, 0.1) is 24.9 Å². The van der Waals surface area contributed by atoms with Crippen LogP contribution in [0.25, 0.3) is 6.08 Å². The predicted molar refractivity (Wildman–Crippen MR) is 241 cm³/mol. The van der Waals surface area contributed by atoms with Crippen LogP contribution in [0.2, 0.25) is 0 Å². The van der Waals surface area contributed by atoms with E-state index in [1.165, 1.54) is 18.4 Å². The molecule has 4 heterocycles. The number of epoxide rings is 1. The maximum Gasteiger partial charge on any atom is 0.327 e. The first-order valence-corrected chi connectivity index (χ1v) is 24.5. The summed E-state index contributed by atoms with van der Waals surface area (Å²) in [5.41, 5.74) is 3.75. The number of rotatable bonds is 17. The molecule has 0 spiro atoms. The smallest absolute Gasteiger partial charge is 0.327 e. The second-order valence-electron chi connectivity index (χ2n) is 20.9. The predicted octanol–water partition coefficient (Wildman–Crippen LogP) is 7.94. The summed E-state index contributed by atoms with van der Waals surface area (Å²) in [6.45, 7) is 11.9. The van der Waals surface area contributed by atoms with Crippen molar-refractivity contribution in [3.63, 3.8) is 0 Å². The molecule has 64 heavy (non-hydrogen) atoms. The van der Waals surface area contributed by atoms with Gasteiger partial charge in [0.1, 0.15) is 29.8 Å². The highest BCUT2D eigenvalue weighted by molar-refractivity contribution is 5.95. The van der Waals surface area contributed by atoms with E-state index in [2.05, 4.69) is 75.6 Å². The van der Waals surface area contributed by atoms with Crippen LogP contribution in [0.5, 0.6) is 0 Å². The number of benzene rings is 2. The fraction of sp³-hybridized carbons (Fsp3) is 0.673. The van der Waals surface area contributed by atoms with Crippen molar-refractivity contribution >= 4 is 23.9 Å². The van der Waals surface area contributed by atoms with Crippen LogP contribution in [0.4, 0.5) is 0 Å². The molecule has 3 N–H and O–H groups in total. The van der Waals surface area contributed by atoms with E-state index in [1.54, 1.807) is 23.3 Å². The highest BCUT2D eigenvalue weighted by atomic mass is 16.8. The summed E-state index contributed by atoms with van der Waals surface area (Å²) in [4.78, 5) is 49.3. The van der Waals surface area contributed by atoms with E-state index >= 15 is 4.79 Å². The Morgan fingerprint density at radius 2 is 1.64 bits per heavy atom. The molecule has 2 amide bonds. The van der Waals surface area contributed by atoms with Crippen LogP contribution in [0.15, 0.2) is 54.1 Å². The lowest BCUT2D eigenvalue weighted by Gasteiger charge is -2.53. The summed E-state index contributed by atoms with van der Waals surface area (Å²) >= 11 is 0. The van der Waals surface area contributed by atoms with E-state index in [0.29, 0.717) is 41.8 Å². The van der Waals surface area contributed by atoms with Crippen molar-refractivity contribution in [1.29, 1.82) is 0 Å². The van der Waals surface area contributed by atoms with E-state index in [4.69, 9.17) is 23.8 Å². The molecule has 3 saturated carbocycles. The Balaban J connectivity index is 1.01. The van der Waals surface area contributed by atoms with Crippen LogP contribution in [0, 0.1) is 22.7 Å². The van der Waals surface area contributed by atoms with Crippen LogP contribution < -0.4 is 10.6 Å². The van der Waals surface area contributed by atoms with Gasteiger partial charge in [-0.2, -0.15) is 5.06 Å². The van der Waals surface area contributed by atoms with Gasteiger partial charge < -0.3 is 34.7 Å². The van der Waals surface area contributed by atoms with Gasteiger partial charge in [-0.05, 0) is 97.9 Å². The minimum absolute atomic E-state index is 0.0262. The third-order valence-corrected chi connectivity index (χ3v) is 16.1. The highest BCUT2D eigenvalue weighted by Crippen LogP contribution is 2.61. The van der Waals surface area contributed by atoms with Crippen molar-refractivity contribution in [2.24, 2.45) is 22.7 Å². The third kappa shape index (κ3) is 8.60. The molecular weight excluding hydrogens is 811 g/mol. The number of nitrogens with one attached hydrogen (secondary N) is 2. The molecule has 2 aromatic rings. The number of hydrogen-bond donors (Lipinski definition) is 3. The van der Waals surface area contributed by atoms with Gasteiger partial charge in [-0.3, -0.25) is 19.2 Å². The number of hydrogen-bond acceptors (Lipinski definition) is 10. The molecule has 10 atom stereocenters. The Kier molecular flexibility index (Phi) is 12.9. The molecule has 7 fully saturated rings. The van der Waals surface area contributed by atoms with Crippen LogP contribution in [0.1, 0.15) is 152 Å². The van der Waals surface area contributed by atoms with Crippen molar-refractivity contribution in [3.8, 4) is 0 Å². The summed E-state index contributed by atoms with van der Waals surface area (Å²) in [6, 6.07) is 14.5. The van der Waals surface area contributed by atoms with Crippen molar-refractivity contribution < 1.29 is 43.3 Å². The Hall–Kier alpha value is -3.65. The number of carbonyl (C=O) groups excluding carboxylic acids is 3. The lowest BCUT2D eigenvalue weighted by atomic mass is 9.52. The van der Waals surface area contributed by atoms with Crippen LogP contribution in [-0.4, -0.2) is 89.1 Å². The van der Waals surface area contributed by atoms with Crippen molar-refractivity contribution in [2.75, 3.05) is 13.2 Å². The van der Waals surface area contributed by atoms with Crippen LogP contribution in [0.3, 0.4) is 0 Å². The number of hydroxylamine groups is 2. The van der Waals surface area contributed by atoms with E-state index in [0.717, 1.165) is 74.5 Å². The molecule has 7 aliphatic rings. The SMILES string of the molecule is CCCCCC1(CCCCC)O[C@@H]2[C@H](O1)[C@H]1ON(Cc3cccc(C=C4CCC5O[C@]5(C)CC[C@@H]5[C@@H]4CC5(C)C)c3)[C@H]3C(=O)O[C@@H]2C[C@@]13C(=O)NCc1cccc(C(=O)NCCO)c1. The summed E-state index contributed by atoms with van der Waals surface area (Å²) < 4.78 is 26.6. The van der Waals surface area contributed by atoms with E-state index in [9.17, 15) is 14.7 Å². The standard InChI is InChI=1S/C52H71N3O9/c1-6-8-10-21-51(22-11-9-7-2)62-42-40-30-52(48(59)54-31-34-15-13-17-37(28-34)46(57)53-24-25-56)44(47(58)60-40)55(64-45(52)43(42)63-51)32-35-16-12-14-33(26-35)27-36-18-19-41-50(5,61-41)23-20-39-38(36)29-49(39,3)4/h12-17,26-28,38-45,56H,6-11,18-25,29-32H2,1-5H3,(H,53,57)(H,54,59)/t38-,39-,40-,41?,42+,43+,44+,45-,50-,52+/m1/s1. The maximum atomic E-state index is 15.1. The Bertz CT molecular complexity index is 2080. The first-order valence-electron chi connectivity index (χ1n) is 24.5. The van der Waals surface area contributed by atoms with Crippen LogP contribution in [-0.2, 0) is 46.5 Å². The zero-order valence-electron chi connectivity index (χ0n) is 38.7. The van der Waals surface area contributed by atoms with E-state index < -0.39 is 47.6 Å². The molecule has 12 heteroatoms. The molecule has 2 bridgehead atoms. The second-order valence-corrected chi connectivity index (χ2v) is 20.9. The molecule has 1 unspecified atom stereocenters. The number of carbonyl (C=O) groups is 3. The molecule has 0 aromatic heterocycles. The first-order chi connectivity index (χ1) is 30.8. The van der Waals surface area contributed by atoms with Gasteiger partial charge in [-0.25, -0.2) is 0 Å². The fourth-order valence-electron chi connectivity index (χ4n) is 12.5. The Morgan fingerprint density at radius 3 is 2.39 bits per heavy atom. The van der Waals surface area contributed by atoms with Crippen LogP contribution >= 0.6 is 0 Å². The molecule has 12 nitrogen and oxygen atoms in total. The van der Waals surface area contributed by atoms with Crippen molar-refractivity contribution in [2.45, 2.75) is 186 Å². The lowest BCUT2D eigenvalue weighted by Crippen LogP contribution is -2.69. The molecule has 4 saturated heterocycles. The molecule has 2 aromatic carbocycles. The van der Waals surface area contributed by atoms with Gasteiger partial charge in [0.25, 0.3) is 5.91 Å². The summed E-state index contributed by atoms with van der Waals surface area (Å²) in [7, 11) is 0. The summed E-state index contributed by atoms with van der Waals surface area (Å²) in [6.07, 6.45) is 13.4. The number of aliphatic hydroxyl groups is 1. The second kappa shape index (κ2) is 18.2. The van der Waals surface area contributed by atoms with Gasteiger partial charge in [0, 0.05) is 37.9 Å². The lowest BCUT2D eigenvalue weighted by molar-refractivity contribution is -0.224. The average Bonchev–Trinajstić information content (AvgIpc) is 3.55. The quantitative estimate of drug-likeness (QED) is 0.0813.